The molecule has 0 saturated carbocycles. The molecule has 0 bridgehead atoms. The van der Waals surface area contributed by atoms with Crippen LogP contribution in [0.2, 0.25) is 0 Å². The SMILES string of the molecule is C=CCC(C)C(O)CCO. The summed E-state index contributed by atoms with van der Waals surface area (Å²) in [4.78, 5) is 0. The molecule has 2 heteroatoms. The first-order valence-electron chi connectivity index (χ1n) is 3.62. The minimum Gasteiger partial charge on any atom is -0.396 e. The summed E-state index contributed by atoms with van der Waals surface area (Å²) >= 11 is 0. The van der Waals surface area contributed by atoms with Gasteiger partial charge in [0.25, 0.3) is 0 Å². The maximum Gasteiger partial charge on any atom is 0.0590 e. The molecule has 0 fully saturated rings. The lowest BCUT2D eigenvalue weighted by Gasteiger charge is -2.15. The predicted molar refractivity (Wildman–Crippen MR) is 41.7 cm³/mol. The third-order valence-corrected chi connectivity index (χ3v) is 1.62. The first-order valence-corrected chi connectivity index (χ1v) is 3.62. The van der Waals surface area contributed by atoms with Crippen molar-refractivity contribution in [2.75, 3.05) is 6.61 Å². The van der Waals surface area contributed by atoms with Gasteiger partial charge >= 0.3 is 0 Å². The van der Waals surface area contributed by atoms with Gasteiger partial charge in [0.2, 0.25) is 0 Å². The van der Waals surface area contributed by atoms with Crippen LogP contribution in [0.1, 0.15) is 19.8 Å². The van der Waals surface area contributed by atoms with Gasteiger partial charge in [0.05, 0.1) is 6.10 Å². The number of allylic oxidation sites excluding steroid dienone is 1. The number of hydrogen-bond acceptors (Lipinski definition) is 2. The number of rotatable bonds is 5. The number of hydrogen-bond donors (Lipinski definition) is 2. The number of aliphatic hydroxyl groups excluding tert-OH is 2. The van der Waals surface area contributed by atoms with Gasteiger partial charge in [-0.25, -0.2) is 0 Å². The van der Waals surface area contributed by atoms with Crippen molar-refractivity contribution in [2.45, 2.75) is 25.9 Å². The van der Waals surface area contributed by atoms with E-state index in [1.165, 1.54) is 0 Å². The lowest BCUT2D eigenvalue weighted by molar-refractivity contribution is 0.0871. The second-order valence-electron chi connectivity index (χ2n) is 2.58. The van der Waals surface area contributed by atoms with Crippen molar-refractivity contribution in [3.8, 4) is 0 Å². The van der Waals surface area contributed by atoms with Gasteiger partial charge < -0.3 is 10.2 Å². The zero-order chi connectivity index (χ0) is 7.98. The van der Waals surface area contributed by atoms with E-state index in [9.17, 15) is 5.11 Å². The highest BCUT2D eigenvalue weighted by atomic mass is 16.3. The fraction of sp³-hybridized carbons (Fsp3) is 0.750. The molecule has 2 atom stereocenters. The molecule has 0 heterocycles. The quantitative estimate of drug-likeness (QED) is 0.564. The molecule has 0 aromatic rings. The third kappa shape index (κ3) is 3.64. The van der Waals surface area contributed by atoms with Crippen molar-refractivity contribution in [1.29, 1.82) is 0 Å². The maximum absolute atomic E-state index is 9.24. The van der Waals surface area contributed by atoms with Gasteiger partial charge in [-0.05, 0) is 18.8 Å². The topological polar surface area (TPSA) is 40.5 Å². The molecule has 10 heavy (non-hydrogen) atoms. The first kappa shape index (κ1) is 9.66. The van der Waals surface area contributed by atoms with Crippen LogP contribution in [0.25, 0.3) is 0 Å². The Balaban J connectivity index is 3.47. The average Bonchev–Trinajstić information content (AvgIpc) is 1.89. The van der Waals surface area contributed by atoms with Crippen LogP contribution in [-0.4, -0.2) is 22.9 Å². The van der Waals surface area contributed by atoms with Crippen molar-refractivity contribution in [1.82, 2.24) is 0 Å². The molecule has 2 nitrogen and oxygen atoms in total. The Labute approximate surface area is 62.2 Å². The molecule has 0 saturated heterocycles. The molecule has 0 rings (SSSR count). The molecule has 0 spiro atoms. The molecular weight excluding hydrogens is 128 g/mol. The summed E-state index contributed by atoms with van der Waals surface area (Å²) in [5, 5.41) is 17.7. The van der Waals surface area contributed by atoms with E-state index >= 15 is 0 Å². The van der Waals surface area contributed by atoms with Gasteiger partial charge in [0, 0.05) is 6.61 Å². The highest BCUT2D eigenvalue weighted by molar-refractivity contribution is 4.74. The smallest absolute Gasteiger partial charge is 0.0590 e. The van der Waals surface area contributed by atoms with Gasteiger partial charge in [-0.15, -0.1) is 6.58 Å². The predicted octanol–water partition coefficient (Wildman–Crippen LogP) is 0.942. The van der Waals surface area contributed by atoms with Gasteiger partial charge in [-0.1, -0.05) is 13.0 Å². The molecule has 0 aromatic carbocycles. The summed E-state index contributed by atoms with van der Waals surface area (Å²) in [7, 11) is 0. The first-order chi connectivity index (χ1) is 4.72. The minimum atomic E-state index is -0.386. The molecule has 0 aliphatic heterocycles. The Kier molecular flexibility index (Phi) is 5.26. The zero-order valence-corrected chi connectivity index (χ0v) is 6.45. The van der Waals surface area contributed by atoms with Crippen molar-refractivity contribution in [3.63, 3.8) is 0 Å². The Morgan fingerprint density at radius 3 is 2.60 bits per heavy atom. The van der Waals surface area contributed by atoms with Crippen molar-refractivity contribution in [2.24, 2.45) is 5.92 Å². The van der Waals surface area contributed by atoms with Crippen molar-refractivity contribution < 1.29 is 10.2 Å². The maximum atomic E-state index is 9.24. The van der Waals surface area contributed by atoms with Crippen LogP contribution >= 0.6 is 0 Å². The summed E-state index contributed by atoms with van der Waals surface area (Å²) in [6.07, 6.45) is 2.67. The van der Waals surface area contributed by atoms with Crippen LogP contribution in [0.5, 0.6) is 0 Å². The van der Waals surface area contributed by atoms with Gasteiger partial charge in [0.1, 0.15) is 0 Å². The van der Waals surface area contributed by atoms with Crippen molar-refractivity contribution in [3.05, 3.63) is 12.7 Å². The van der Waals surface area contributed by atoms with E-state index in [0.717, 1.165) is 6.42 Å². The Hall–Kier alpha value is -0.340. The Bertz CT molecular complexity index is 91.3. The second kappa shape index (κ2) is 5.45. The highest BCUT2D eigenvalue weighted by Gasteiger charge is 2.10. The van der Waals surface area contributed by atoms with Gasteiger partial charge in [0.15, 0.2) is 0 Å². The molecule has 0 aliphatic carbocycles. The normalized spacial score (nSPS) is 16.3. The van der Waals surface area contributed by atoms with Crippen LogP contribution in [0.3, 0.4) is 0 Å². The fourth-order valence-electron chi connectivity index (χ4n) is 0.837. The molecule has 2 N–H and O–H groups in total. The van der Waals surface area contributed by atoms with Crippen LogP contribution < -0.4 is 0 Å². The molecule has 0 aromatic heterocycles. The molecule has 2 unspecified atom stereocenters. The Morgan fingerprint density at radius 2 is 2.20 bits per heavy atom. The monoisotopic (exact) mass is 144 g/mol. The van der Waals surface area contributed by atoms with E-state index in [1.807, 2.05) is 6.92 Å². The second-order valence-corrected chi connectivity index (χ2v) is 2.58. The van der Waals surface area contributed by atoms with E-state index < -0.39 is 0 Å². The zero-order valence-electron chi connectivity index (χ0n) is 6.45. The van der Waals surface area contributed by atoms with Crippen molar-refractivity contribution >= 4 is 0 Å². The highest BCUT2D eigenvalue weighted by Crippen LogP contribution is 2.10. The lowest BCUT2D eigenvalue weighted by atomic mass is 9.99. The molecular formula is C8H16O2. The third-order valence-electron chi connectivity index (χ3n) is 1.62. The molecule has 60 valence electrons. The largest absolute Gasteiger partial charge is 0.396 e. The van der Waals surface area contributed by atoms with Crippen LogP contribution in [0.4, 0.5) is 0 Å². The summed E-state index contributed by atoms with van der Waals surface area (Å²) in [5.41, 5.74) is 0. The summed E-state index contributed by atoms with van der Waals surface area (Å²) in [6, 6.07) is 0. The molecule has 0 amide bonds. The summed E-state index contributed by atoms with van der Waals surface area (Å²) in [5.74, 6) is 0.213. The summed E-state index contributed by atoms with van der Waals surface area (Å²) < 4.78 is 0. The minimum absolute atomic E-state index is 0.0582. The number of aliphatic hydroxyl groups is 2. The van der Waals surface area contributed by atoms with E-state index in [0.29, 0.717) is 6.42 Å². The van der Waals surface area contributed by atoms with Crippen LogP contribution in [0, 0.1) is 5.92 Å². The Morgan fingerprint density at radius 1 is 1.60 bits per heavy atom. The van der Waals surface area contributed by atoms with Crippen LogP contribution in [0.15, 0.2) is 12.7 Å². The van der Waals surface area contributed by atoms with E-state index in [4.69, 9.17) is 5.11 Å². The van der Waals surface area contributed by atoms with E-state index in [1.54, 1.807) is 6.08 Å². The average molecular weight is 144 g/mol. The lowest BCUT2D eigenvalue weighted by Crippen LogP contribution is -2.18. The molecule has 0 aliphatic rings. The summed E-state index contributed by atoms with van der Waals surface area (Å²) in [6.45, 7) is 5.57. The van der Waals surface area contributed by atoms with Gasteiger partial charge in [-0.3, -0.25) is 0 Å². The standard InChI is InChI=1S/C8H16O2/c1-3-4-7(2)8(10)5-6-9/h3,7-10H,1,4-6H2,2H3. The van der Waals surface area contributed by atoms with Gasteiger partial charge in [-0.2, -0.15) is 0 Å². The molecule has 0 radical (unpaired) electrons. The fourth-order valence-corrected chi connectivity index (χ4v) is 0.837. The van der Waals surface area contributed by atoms with E-state index in [2.05, 4.69) is 6.58 Å². The van der Waals surface area contributed by atoms with Crippen LogP contribution in [-0.2, 0) is 0 Å². The van der Waals surface area contributed by atoms with E-state index in [-0.39, 0.29) is 18.6 Å².